The number of benzene rings is 1. The number of rotatable bonds is 11. The Balaban J connectivity index is 1.63. The van der Waals surface area contributed by atoms with Gasteiger partial charge < -0.3 is 36.0 Å². The van der Waals surface area contributed by atoms with Crippen LogP contribution in [-0.2, 0) is 40.0 Å². The minimum Gasteiger partial charge on any atom is -0.354 e. The lowest BCUT2D eigenvalue weighted by Gasteiger charge is -2.48. The van der Waals surface area contributed by atoms with Gasteiger partial charge in [0.15, 0.2) is 5.41 Å². The zero-order valence-electron chi connectivity index (χ0n) is 36.7. The molecule has 1 saturated heterocycles. The Morgan fingerprint density at radius 3 is 2.14 bits per heavy atom. The lowest BCUT2D eigenvalue weighted by molar-refractivity contribution is -0.299. The van der Waals surface area contributed by atoms with Crippen LogP contribution in [0.1, 0.15) is 91.5 Å². The summed E-state index contributed by atoms with van der Waals surface area (Å²) in [5.74, 6) is -10.4. The lowest BCUT2D eigenvalue weighted by atomic mass is 9.64. The van der Waals surface area contributed by atoms with Crippen molar-refractivity contribution in [3.8, 4) is 0 Å². The normalized spacial score (nSPS) is 24.3. The summed E-state index contributed by atoms with van der Waals surface area (Å²) < 4.78 is 69.5. The molecule has 1 aromatic carbocycles. The van der Waals surface area contributed by atoms with Gasteiger partial charge in [0.1, 0.15) is 35.7 Å². The first-order chi connectivity index (χ1) is 29.0. The average molecular weight is 939 g/mol. The van der Waals surface area contributed by atoms with E-state index in [0.29, 0.717) is 34.7 Å². The molecule has 63 heavy (non-hydrogen) atoms. The third kappa shape index (κ3) is 12.1. The van der Waals surface area contributed by atoms with Crippen LogP contribution in [0.2, 0.25) is 10.0 Å². The number of hydrogen-bond donors (Lipinski definition) is 4. The van der Waals surface area contributed by atoms with Crippen LogP contribution in [0.15, 0.2) is 18.2 Å². The highest BCUT2D eigenvalue weighted by Crippen LogP contribution is 2.61. The highest BCUT2D eigenvalue weighted by molar-refractivity contribution is 6.33. The Morgan fingerprint density at radius 1 is 0.968 bits per heavy atom. The second kappa shape index (κ2) is 19.9. The minimum absolute atomic E-state index is 0.0293. The molecule has 0 aromatic heterocycles. The maximum Gasteiger partial charge on any atom is 0.403 e. The third-order valence-electron chi connectivity index (χ3n) is 12.2. The summed E-state index contributed by atoms with van der Waals surface area (Å²) >= 11 is 12.7. The summed E-state index contributed by atoms with van der Waals surface area (Å²) in [4.78, 5) is 100.0. The summed E-state index contributed by atoms with van der Waals surface area (Å²) in [6.07, 6.45) is -7.26. The minimum atomic E-state index is -5.31. The molecule has 1 aliphatic heterocycles. The molecule has 0 bridgehead atoms. The third-order valence-corrected chi connectivity index (χ3v) is 12.8. The van der Waals surface area contributed by atoms with Gasteiger partial charge in [-0.25, -0.2) is 8.78 Å². The number of carbonyl (C=O) groups excluding carboxylic acids is 7. The molecule has 352 valence electrons. The van der Waals surface area contributed by atoms with E-state index in [9.17, 15) is 55.5 Å². The number of alkyl halides is 5. The van der Waals surface area contributed by atoms with Gasteiger partial charge in [-0.3, -0.25) is 33.6 Å². The molecule has 0 spiro atoms. The van der Waals surface area contributed by atoms with E-state index in [0.717, 1.165) is 23.8 Å². The van der Waals surface area contributed by atoms with Crippen LogP contribution < -0.4 is 21.3 Å². The Morgan fingerprint density at radius 2 is 1.59 bits per heavy atom. The van der Waals surface area contributed by atoms with Crippen LogP contribution in [0.25, 0.3) is 0 Å². The number of hydrogen-bond acceptors (Lipinski definition) is 7. The standard InChI is InChI=1S/C42H58Cl2F5N7O7/c1-22(2)17-28-35(60)56(8)30(19-25-18-26(43)14-15-27(25)44)34(59)53-39(4,5)37(62)50-16-10-9-11-29(33(58)51-28)55(7)36(61)31(24-12-13-24)52-32(57)23(3)54(6)38(63)40(42(47,48)49)20-41(45,46)21-40/h14-15,18,22-24,28-31H,9-13,16-17,19-21H2,1-8H3,(H,50,62)(H,51,58)(H,52,57)(H,53,59)/t23-,28-,29-,30-,31-/m0/s1. The van der Waals surface area contributed by atoms with Gasteiger partial charge in [-0.2, -0.15) is 13.2 Å². The molecule has 7 amide bonds. The maximum absolute atomic E-state index is 14.5. The van der Waals surface area contributed by atoms with Gasteiger partial charge in [-0.1, -0.05) is 37.0 Å². The van der Waals surface area contributed by atoms with Crippen molar-refractivity contribution in [3.05, 3.63) is 33.8 Å². The zero-order chi connectivity index (χ0) is 47.6. The molecule has 1 heterocycles. The smallest absolute Gasteiger partial charge is 0.354 e. The van der Waals surface area contributed by atoms with E-state index in [2.05, 4.69) is 21.3 Å². The Hall–Kier alpha value is -4.26. The molecule has 14 nitrogen and oxygen atoms in total. The monoisotopic (exact) mass is 937 g/mol. The fourth-order valence-electron chi connectivity index (χ4n) is 7.96. The first-order valence-electron chi connectivity index (χ1n) is 20.9. The fourth-order valence-corrected chi connectivity index (χ4v) is 8.35. The highest BCUT2D eigenvalue weighted by Gasteiger charge is 2.74. The Bertz CT molecular complexity index is 1920. The number of nitrogens with zero attached hydrogens (tertiary/aromatic N) is 3. The molecular weight excluding hydrogens is 880 g/mol. The van der Waals surface area contributed by atoms with Gasteiger partial charge >= 0.3 is 6.18 Å². The van der Waals surface area contributed by atoms with Crippen LogP contribution in [0.5, 0.6) is 0 Å². The predicted octanol–water partition coefficient (Wildman–Crippen LogP) is 4.64. The molecule has 21 heteroatoms. The molecule has 2 aliphatic carbocycles. The van der Waals surface area contributed by atoms with Gasteiger partial charge in [0, 0.05) is 57.0 Å². The van der Waals surface area contributed by atoms with Crippen LogP contribution >= 0.6 is 23.2 Å². The number of amides is 7. The second-order valence-corrected chi connectivity index (χ2v) is 19.0. The molecule has 5 atom stereocenters. The van der Waals surface area contributed by atoms with Crippen LogP contribution in [0.4, 0.5) is 22.0 Å². The number of nitrogens with one attached hydrogen (secondary N) is 4. The molecule has 4 N–H and O–H groups in total. The van der Waals surface area contributed by atoms with E-state index < -0.39 is 113 Å². The largest absolute Gasteiger partial charge is 0.403 e. The molecule has 3 fully saturated rings. The van der Waals surface area contributed by atoms with E-state index in [-0.39, 0.29) is 43.2 Å². The molecule has 3 aliphatic rings. The number of halogens is 7. The van der Waals surface area contributed by atoms with Crippen molar-refractivity contribution in [2.24, 2.45) is 17.3 Å². The Kier molecular flexibility index (Phi) is 16.2. The molecule has 0 unspecified atom stereocenters. The molecular formula is C42H58Cl2F5N7O7. The van der Waals surface area contributed by atoms with Crippen molar-refractivity contribution in [3.63, 3.8) is 0 Å². The van der Waals surface area contributed by atoms with Gasteiger partial charge in [-0.15, -0.1) is 0 Å². The van der Waals surface area contributed by atoms with Crippen molar-refractivity contribution in [1.82, 2.24) is 36.0 Å². The van der Waals surface area contributed by atoms with E-state index in [1.54, 1.807) is 18.2 Å². The van der Waals surface area contributed by atoms with Gasteiger partial charge in [0.05, 0.1) is 0 Å². The summed E-state index contributed by atoms with van der Waals surface area (Å²) in [5, 5.41) is 11.5. The SMILES string of the molecule is CC(C)C[C@@H]1NC(=O)[C@@H](N(C)C(=O)[C@@H](NC(=O)[C@H](C)N(C)C(=O)C2(C(F)(F)F)CC(F)(F)C2)C2CC2)CCCCNC(=O)C(C)(C)NC(=O)[C@H](Cc2cc(Cl)ccc2Cl)N(C)C1=O. The molecule has 2 saturated carbocycles. The van der Waals surface area contributed by atoms with E-state index in [1.807, 2.05) is 13.8 Å². The number of carbonyl (C=O) groups is 7. The first-order valence-corrected chi connectivity index (χ1v) is 21.7. The quantitative estimate of drug-likeness (QED) is 0.234. The van der Waals surface area contributed by atoms with Crippen molar-refractivity contribution >= 4 is 64.6 Å². The Labute approximate surface area is 374 Å². The summed E-state index contributed by atoms with van der Waals surface area (Å²) in [6.45, 7) is 7.89. The second-order valence-electron chi connectivity index (χ2n) is 18.1. The summed E-state index contributed by atoms with van der Waals surface area (Å²) in [7, 11) is 3.61. The van der Waals surface area contributed by atoms with Crippen molar-refractivity contribution in [1.29, 1.82) is 0 Å². The van der Waals surface area contributed by atoms with Crippen LogP contribution in [0.3, 0.4) is 0 Å². The predicted molar refractivity (Wildman–Crippen MR) is 223 cm³/mol. The van der Waals surface area contributed by atoms with E-state index >= 15 is 0 Å². The summed E-state index contributed by atoms with van der Waals surface area (Å²) in [5.41, 5.74) is -4.38. The maximum atomic E-state index is 14.5. The van der Waals surface area contributed by atoms with Gasteiger partial charge in [0.2, 0.25) is 41.4 Å². The number of likely N-dealkylation sites (N-methyl/N-ethyl adjacent to an activating group) is 3. The topological polar surface area (TPSA) is 177 Å². The molecule has 1 aromatic rings. The zero-order valence-corrected chi connectivity index (χ0v) is 38.2. The average Bonchev–Trinajstić information content (AvgIpc) is 4.02. The van der Waals surface area contributed by atoms with E-state index in [1.165, 1.54) is 27.9 Å². The summed E-state index contributed by atoms with van der Waals surface area (Å²) in [6, 6.07) is -1.97. The fraction of sp³-hybridized carbons (Fsp3) is 0.690. The van der Waals surface area contributed by atoms with Crippen LogP contribution in [-0.4, -0.2) is 132 Å². The van der Waals surface area contributed by atoms with E-state index in [4.69, 9.17) is 23.2 Å². The van der Waals surface area contributed by atoms with Gasteiger partial charge in [0.25, 0.3) is 5.92 Å². The highest BCUT2D eigenvalue weighted by atomic mass is 35.5. The molecule has 0 radical (unpaired) electrons. The van der Waals surface area contributed by atoms with Gasteiger partial charge in [-0.05, 0) is 94.9 Å². The molecule has 4 rings (SSSR count). The van der Waals surface area contributed by atoms with Crippen molar-refractivity contribution in [2.75, 3.05) is 27.7 Å². The van der Waals surface area contributed by atoms with Crippen molar-refractivity contribution in [2.45, 2.75) is 140 Å². The van der Waals surface area contributed by atoms with Crippen LogP contribution in [0, 0.1) is 17.3 Å². The van der Waals surface area contributed by atoms with Crippen molar-refractivity contribution < 1.29 is 55.5 Å². The lowest BCUT2D eigenvalue weighted by Crippen LogP contribution is -2.65. The first kappa shape index (κ1) is 51.4.